The fraction of sp³-hybridized carbons (Fsp3) is 0.917. The van der Waals surface area contributed by atoms with Gasteiger partial charge in [-0.25, -0.2) is 0 Å². The van der Waals surface area contributed by atoms with Crippen LogP contribution in [0, 0.1) is 0 Å². The van der Waals surface area contributed by atoms with Crippen LogP contribution in [-0.2, 0) is 9.53 Å². The van der Waals surface area contributed by atoms with Crippen molar-refractivity contribution in [2.75, 3.05) is 6.61 Å². The second kappa shape index (κ2) is 9.60. The minimum atomic E-state index is -0.599. The first-order chi connectivity index (χ1) is 7.57. The van der Waals surface area contributed by atoms with Crippen LogP contribution in [0.3, 0.4) is 0 Å². The van der Waals surface area contributed by atoms with Crippen molar-refractivity contribution in [2.24, 2.45) is 0 Å². The van der Waals surface area contributed by atoms with Crippen LogP contribution in [0.4, 0.5) is 0 Å². The van der Waals surface area contributed by atoms with Gasteiger partial charge in [0.2, 0.25) is 0 Å². The van der Waals surface area contributed by atoms with Gasteiger partial charge in [-0.15, -0.1) is 0 Å². The molecule has 0 fully saturated rings. The number of aliphatic hydroxyl groups excluding tert-OH is 2. The molecule has 0 spiro atoms. The second-order valence-electron chi connectivity index (χ2n) is 4.09. The first-order valence-electron chi connectivity index (χ1n) is 6.07. The van der Waals surface area contributed by atoms with Crippen LogP contribution < -0.4 is 0 Å². The van der Waals surface area contributed by atoms with Crippen LogP contribution in [0.2, 0.25) is 0 Å². The van der Waals surface area contributed by atoms with Gasteiger partial charge in [0.15, 0.2) is 0 Å². The zero-order chi connectivity index (χ0) is 12.4. The monoisotopic (exact) mass is 232 g/mol. The van der Waals surface area contributed by atoms with E-state index in [9.17, 15) is 15.0 Å². The van der Waals surface area contributed by atoms with E-state index in [0.717, 1.165) is 25.7 Å². The van der Waals surface area contributed by atoms with Gasteiger partial charge in [0, 0.05) is 6.92 Å². The molecule has 0 radical (unpaired) electrons. The third kappa shape index (κ3) is 8.68. The Kier molecular flexibility index (Phi) is 9.24. The first kappa shape index (κ1) is 15.4. The Morgan fingerprint density at radius 3 is 2.31 bits per heavy atom. The van der Waals surface area contributed by atoms with Crippen LogP contribution in [0.25, 0.3) is 0 Å². The Morgan fingerprint density at radius 2 is 1.75 bits per heavy atom. The van der Waals surface area contributed by atoms with Crippen LogP contribution in [0.5, 0.6) is 0 Å². The highest BCUT2D eigenvalue weighted by atomic mass is 16.5. The fourth-order valence-corrected chi connectivity index (χ4v) is 1.49. The maximum absolute atomic E-state index is 10.4. The van der Waals surface area contributed by atoms with E-state index in [1.54, 1.807) is 0 Å². The molecule has 0 aromatic carbocycles. The summed E-state index contributed by atoms with van der Waals surface area (Å²) in [5, 5.41) is 18.8. The summed E-state index contributed by atoms with van der Waals surface area (Å²) in [6.07, 6.45) is 3.79. The number of unbranched alkanes of at least 4 members (excludes halogenated alkanes) is 3. The Morgan fingerprint density at radius 1 is 1.12 bits per heavy atom. The zero-order valence-corrected chi connectivity index (χ0v) is 10.3. The number of hydrogen-bond acceptors (Lipinski definition) is 4. The van der Waals surface area contributed by atoms with Gasteiger partial charge < -0.3 is 14.9 Å². The van der Waals surface area contributed by atoms with Gasteiger partial charge in [0.25, 0.3) is 0 Å². The molecule has 0 bridgehead atoms. The number of esters is 1. The van der Waals surface area contributed by atoms with Crippen LogP contribution in [0.15, 0.2) is 0 Å². The molecule has 4 heteroatoms. The molecule has 0 aromatic rings. The molecule has 0 aliphatic heterocycles. The molecule has 0 saturated heterocycles. The largest absolute Gasteiger partial charge is 0.466 e. The molecule has 96 valence electrons. The van der Waals surface area contributed by atoms with E-state index in [1.165, 1.54) is 6.92 Å². The highest BCUT2D eigenvalue weighted by Crippen LogP contribution is 2.10. The van der Waals surface area contributed by atoms with Crippen molar-refractivity contribution in [2.45, 2.75) is 64.6 Å². The van der Waals surface area contributed by atoms with Crippen LogP contribution >= 0.6 is 0 Å². The standard InChI is InChI=1S/C12H24O4/c1-3-11(14)12(15)8-6-4-5-7-9-16-10(2)13/h11-12,14-15H,3-9H2,1-2H3. The molecule has 4 nitrogen and oxygen atoms in total. The minimum absolute atomic E-state index is 0.235. The van der Waals surface area contributed by atoms with Crippen molar-refractivity contribution in [1.82, 2.24) is 0 Å². The molecule has 2 atom stereocenters. The van der Waals surface area contributed by atoms with Crippen molar-refractivity contribution < 1.29 is 19.7 Å². The smallest absolute Gasteiger partial charge is 0.302 e. The molecular weight excluding hydrogens is 208 g/mol. The normalized spacial score (nSPS) is 14.5. The average Bonchev–Trinajstić information content (AvgIpc) is 2.25. The summed E-state index contributed by atoms with van der Waals surface area (Å²) in [5.41, 5.74) is 0. The molecule has 16 heavy (non-hydrogen) atoms. The maximum Gasteiger partial charge on any atom is 0.302 e. The SMILES string of the molecule is CCC(O)C(O)CCCCCCOC(C)=O. The Labute approximate surface area is 97.6 Å². The summed E-state index contributed by atoms with van der Waals surface area (Å²) in [6, 6.07) is 0. The van der Waals surface area contributed by atoms with Gasteiger partial charge in [-0.3, -0.25) is 4.79 Å². The lowest BCUT2D eigenvalue weighted by molar-refractivity contribution is -0.141. The summed E-state index contributed by atoms with van der Waals surface area (Å²) in [6.45, 7) is 3.74. The molecule has 0 heterocycles. The molecule has 0 aromatic heterocycles. The highest BCUT2D eigenvalue weighted by molar-refractivity contribution is 5.65. The summed E-state index contributed by atoms with van der Waals surface area (Å²) in [7, 11) is 0. The first-order valence-corrected chi connectivity index (χ1v) is 6.07. The van der Waals surface area contributed by atoms with Crippen molar-refractivity contribution in [3.8, 4) is 0 Å². The second-order valence-corrected chi connectivity index (χ2v) is 4.09. The number of hydrogen-bond donors (Lipinski definition) is 2. The van der Waals surface area contributed by atoms with E-state index in [2.05, 4.69) is 0 Å². The van der Waals surface area contributed by atoms with E-state index in [4.69, 9.17) is 4.74 Å². The fourth-order valence-electron chi connectivity index (χ4n) is 1.49. The Balaban J connectivity index is 3.23. The van der Waals surface area contributed by atoms with Crippen molar-refractivity contribution in [3.63, 3.8) is 0 Å². The van der Waals surface area contributed by atoms with Crippen LogP contribution in [-0.4, -0.2) is 35.0 Å². The van der Waals surface area contributed by atoms with E-state index in [0.29, 0.717) is 19.4 Å². The third-order valence-electron chi connectivity index (χ3n) is 2.56. The molecule has 2 unspecified atom stereocenters. The van der Waals surface area contributed by atoms with Gasteiger partial charge >= 0.3 is 5.97 Å². The predicted octanol–water partition coefficient (Wildman–Crippen LogP) is 1.63. The lowest BCUT2D eigenvalue weighted by Gasteiger charge is -2.15. The lowest BCUT2D eigenvalue weighted by Crippen LogP contribution is -2.24. The van der Waals surface area contributed by atoms with E-state index in [-0.39, 0.29) is 5.97 Å². The van der Waals surface area contributed by atoms with Gasteiger partial charge in [0.1, 0.15) is 0 Å². The molecule has 0 amide bonds. The number of rotatable bonds is 9. The topological polar surface area (TPSA) is 66.8 Å². The summed E-state index contributed by atoms with van der Waals surface area (Å²) >= 11 is 0. The molecule has 0 saturated carbocycles. The molecular formula is C12H24O4. The third-order valence-corrected chi connectivity index (χ3v) is 2.56. The molecule has 0 aliphatic carbocycles. The number of ether oxygens (including phenoxy) is 1. The van der Waals surface area contributed by atoms with Gasteiger partial charge in [-0.1, -0.05) is 26.2 Å². The quantitative estimate of drug-likeness (QED) is 0.468. The number of carbonyl (C=O) groups excluding carboxylic acids is 1. The summed E-state index contributed by atoms with van der Waals surface area (Å²) in [4.78, 5) is 10.4. The van der Waals surface area contributed by atoms with Crippen molar-refractivity contribution >= 4 is 5.97 Å². The van der Waals surface area contributed by atoms with Crippen molar-refractivity contribution in [3.05, 3.63) is 0 Å². The van der Waals surface area contributed by atoms with Gasteiger partial charge in [-0.2, -0.15) is 0 Å². The Bertz CT molecular complexity index is 182. The minimum Gasteiger partial charge on any atom is -0.466 e. The van der Waals surface area contributed by atoms with Crippen LogP contribution in [0.1, 0.15) is 52.4 Å². The highest BCUT2D eigenvalue weighted by Gasteiger charge is 2.12. The van der Waals surface area contributed by atoms with E-state index >= 15 is 0 Å². The molecule has 0 aliphatic rings. The number of aliphatic hydroxyl groups is 2. The van der Waals surface area contributed by atoms with E-state index in [1.807, 2.05) is 6.92 Å². The van der Waals surface area contributed by atoms with Crippen molar-refractivity contribution in [1.29, 1.82) is 0 Å². The summed E-state index contributed by atoms with van der Waals surface area (Å²) in [5.74, 6) is -0.235. The maximum atomic E-state index is 10.4. The Hall–Kier alpha value is -0.610. The zero-order valence-electron chi connectivity index (χ0n) is 10.3. The summed E-state index contributed by atoms with van der Waals surface area (Å²) < 4.78 is 4.80. The number of carbonyl (C=O) groups is 1. The average molecular weight is 232 g/mol. The van der Waals surface area contributed by atoms with Gasteiger partial charge in [-0.05, 0) is 19.3 Å². The lowest BCUT2D eigenvalue weighted by atomic mass is 10.0. The molecule has 0 rings (SSSR count). The predicted molar refractivity (Wildman–Crippen MR) is 62.0 cm³/mol. The van der Waals surface area contributed by atoms with Gasteiger partial charge in [0.05, 0.1) is 18.8 Å². The van der Waals surface area contributed by atoms with E-state index < -0.39 is 12.2 Å². The molecule has 2 N–H and O–H groups in total.